The molecule has 2 aliphatic rings. The summed E-state index contributed by atoms with van der Waals surface area (Å²) in [5.41, 5.74) is 3.52. The minimum atomic E-state index is -0.757. The standard InChI is InChI=1S/C27H26N6O4/c1-27(2,22-9-5-17(14-29-22)16-4-3-11-28-13-16)32-26(37)30-19-6-7-20-18(12-19)15-33(25(20)36)21-8-10-23(34)31-24(21)35/h3-7,9,11-14,21H,8,10,15H2,1-2H3,(H2,30,32,37)(H,31,34,35). The van der Waals surface area contributed by atoms with Gasteiger partial charge in [-0.05, 0) is 56.2 Å². The van der Waals surface area contributed by atoms with Crippen LogP contribution in [0, 0.1) is 0 Å². The summed E-state index contributed by atoms with van der Waals surface area (Å²) in [5.74, 6) is -1.05. The molecule has 0 saturated carbocycles. The molecule has 5 rings (SSSR count). The average molecular weight is 499 g/mol. The highest BCUT2D eigenvalue weighted by atomic mass is 16.2. The number of fused-ring (bicyclic) bond motifs is 1. The lowest BCUT2D eigenvalue weighted by atomic mass is 9.99. The SMILES string of the molecule is CC(C)(NC(=O)Nc1ccc2c(c1)CN(C1CCC(=O)NC1=O)C2=O)c1ccc(-c2cccnc2)cn1. The molecule has 0 bridgehead atoms. The maximum atomic E-state index is 12.9. The Balaban J connectivity index is 1.24. The highest BCUT2D eigenvalue weighted by Crippen LogP contribution is 2.30. The van der Waals surface area contributed by atoms with Crippen molar-refractivity contribution in [3.05, 3.63) is 77.9 Å². The fraction of sp³-hybridized carbons (Fsp3) is 0.259. The number of pyridine rings is 2. The zero-order valence-corrected chi connectivity index (χ0v) is 20.4. The van der Waals surface area contributed by atoms with E-state index >= 15 is 0 Å². The van der Waals surface area contributed by atoms with Gasteiger partial charge < -0.3 is 15.5 Å². The normalized spacial score (nSPS) is 17.3. The molecule has 0 aliphatic carbocycles. The molecule has 1 saturated heterocycles. The Morgan fingerprint density at radius 1 is 1.08 bits per heavy atom. The third-order valence-electron chi connectivity index (χ3n) is 6.61. The van der Waals surface area contributed by atoms with E-state index in [1.165, 1.54) is 4.90 Å². The van der Waals surface area contributed by atoms with Gasteiger partial charge in [0.25, 0.3) is 5.91 Å². The molecule has 0 spiro atoms. The minimum absolute atomic E-state index is 0.195. The molecular formula is C27H26N6O4. The van der Waals surface area contributed by atoms with Gasteiger partial charge in [0.05, 0.1) is 11.2 Å². The van der Waals surface area contributed by atoms with Gasteiger partial charge in [0.2, 0.25) is 11.8 Å². The summed E-state index contributed by atoms with van der Waals surface area (Å²) >= 11 is 0. The molecule has 0 radical (unpaired) electrons. The zero-order valence-electron chi connectivity index (χ0n) is 20.4. The van der Waals surface area contributed by atoms with Gasteiger partial charge in [-0.3, -0.25) is 29.7 Å². The summed E-state index contributed by atoms with van der Waals surface area (Å²) < 4.78 is 0. The van der Waals surface area contributed by atoms with Crippen molar-refractivity contribution in [1.82, 2.24) is 25.5 Å². The second-order valence-electron chi connectivity index (χ2n) is 9.65. The van der Waals surface area contributed by atoms with Crippen molar-refractivity contribution in [2.24, 2.45) is 0 Å². The van der Waals surface area contributed by atoms with Gasteiger partial charge in [-0.25, -0.2) is 4.79 Å². The van der Waals surface area contributed by atoms with Gasteiger partial charge in [0.1, 0.15) is 6.04 Å². The number of nitrogens with zero attached hydrogens (tertiary/aromatic N) is 3. The molecule has 2 aliphatic heterocycles. The van der Waals surface area contributed by atoms with Crippen LogP contribution in [0.25, 0.3) is 11.1 Å². The first-order chi connectivity index (χ1) is 17.7. The number of carbonyl (C=O) groups is 4. The van der Waals surface area contributed by atoms with Crippen molar-refractivity contribution in [2.45, 2.75) is 44.8 Å². The number of piperidine rings is 1. The van der Waals surface area contributed by atoms with Crippen LogP contribution >= 0.6 is 0 Å². The van der Waals surface area contributed by atoms with Gasteiger partial charge >= 0.3 is 6.03 Å². The minimum Gasteiger partial charge on any atom is -0.327 e. The van der Waals surface area contributed by atoms with E-state index in [0.29, 0.717) is 28.9 Å². The Labute approximate surface area is 213 Å². The maximum Gasteiger partial charge on any atom is 0.319 e. The molecule has 1 unspecified atom stereocenters. The molecule has 188 valence electrons. The number of carbonyl (C=O) groups excluding carboxylic acids is 4. The Bertz CT molecular complexity index is 1390. The number of imide groups is 1. The van der Waals surface area contributed by atoms with Crippen molar-refractivity contribution in [3.63, 3.8) is 0 Å². The zero-order chi connectivity index (χ0) is 26.2. The van der Waals surface area contributed by atoms with E-state index in [1.807, 2.05) is 38.1 Å². The number of benzene rings is 1. The van der Waals surface area contributed by atoms with Crippen LogP contribution in [0.4, 0.5) is 10.5 Å². The summed E-state index contributed by atoms with van der Waals surface area (Å²) in [6, 6.07) is 11.5. The van der Waals surface area contributed by atoms with E-state index in [9.17, 15) is 19.2 Å². The summed E-state index contributed by atoms with van der Waals surface area (Å²) in [6.45, 7) is 3.95. The summed E-state index contributed by atoms with van der Waals surface area (Å²) in [6.07, 6.45) is 5.72. The molecule has 5 amide bonds. The molecule has 1 fully saturated rings. The summed E-state index contributed by atoms with van der Waals surface area (Å²) in [5, 5.41) is 8.05. The van der Waals surface area contributed by atoms with E-state index < -0.39 is 23.5 Å². The Kier molecular flexibility index (Phi) is 6.16. The highest BCUT2D eigenvalue weighted by molar-refractivity contribution is 6.05. The molecule has 10 heteroatoms. The molecular weight excluding hydrogens is 472 g/mol. The first-order valence-electron chi connectivity index (χ1n) is 11.9. The number of amides is 5. The number of nitrogens with one attached hydrogen (secondary N) is 3. The third kappa shape index (κ3) is 4.90. The average Bonchev–Trinajstić information content (AvgIpc) is 3.19. The van der Waals surface area contributed by atoms with E-state index in [0.717, 1.165) is 11.1 Å². The topological polar surface area (TPSA) is 133 Å². The molecule has 37 heavy (non-hydrogen) atoms. The second kappa shape index (κ2) is 9.45. The van der Waals surface area contributed by atoms with E-state index in [2.05, 4.69) is 25.9 Å². The smallest absolute Gasteiger partial charge is 0.319 e. The van der Waals surface area contributed by atoms with Crippen molar-refractivity contribution >= 4 is 29.4 Å². The van der Waals surface area contributed by atoms with Crippen LogP contribution in [-0.4, -0.2) is 44.7 Å². The number of rotatable bonds is 5. The first kappa shape index (κ1) is 24.1. The predicted octanol–water partition coefficient (Wildman–Crippen LogP) is 2.96. The fourth-order valence-electron chi connectivity index (χ4n) is 4.63. The Morgan fingerprint density at radius 3 is 2.59 bits per heavy atom. The van der Waals surface area contributed by atoms with Crippen LogP contribution in [0.3, 0.4) is 0 Å². The largest absolute Gasteiger partial charge is 0.327 e. The van der Waals surface area contributed by atoms with Gasteiger partial charge in [0, 0.05) is 53.9 Å². The Hall–Kier alpha value is -4.60. The van der Waals surface area contributed by atoms with Gasteiger partial charge in [-0.2, -0.15) is 0 Å². The van der Waals surface area contributed by atoms with Crippen LogP contribution in [-0.2, 0) is 21.7 Å². The molecule has 1 aromatic carbocycles. The summed E-state index contributed by atoms with van der Waals surface area (Å²) in [4.78, 5) is 59.5. The number of urea groups is 1. The third-order valence-corrected chi connectivity index (χ3v) is 6.61. The molecule has 10 nitrogen and oxygen atoms in total. The van der Waals surface area contributed by atoms with Crippen LogP contribution in [0.5, 0.6) is 0 Å². The van der Waals surface area contributed by atoms with Crippen LogP contribution in [0.2, 0.25) is 0 Å². The summed E-state index contributed by atoms with van der Waals surface area (Å²) in [7, 11) is 0. The molecule has 2 aromatic heterocycles. The van der Waals surface area contributed by atoms with E-state index in [1.54, 1.807) is 36.8 Å². The lowest BCUT2D eigenvalue weighted by molar-refractivity contribution is -0.136. The van der Waals surface area contributed by atoms with E-state index in [4.69, 9.17) is 0 Å². The molecule has 3 N–H and O–H groups in total. The van der Waals surface area contributed by atoms with Crippen molar-refractivity contribution in [3.8, 4) is 11.1 Å². The fourth-order valence-corrected chi connectivity index (χ4v) is 4.63. The first-order valence-corrected chi connectivity index (χ1v) is 11.9. The number of aromatic nitrogens is 2. The Morgan fingerprint density at radius 2 is 1.89 bits per heavy atom. The van der Waals surface area contributed by atoms with Gasteiger partial charge in [0.15, 0.2) is 0 Å². The van der Waals surface area contributed by atoms with Crippen molar-refractivity contribution in [2.75, 3.05) is 5.32 Å². The monoisotopic (exact) mass is 498 g/mol. The van der Waals surface area contributed by atoms with Gasteiger partial charge in [-0.15, -0.1) is 0 Å². The molecule has 4 heterocycles. The molecule has 3 aromatic rings. The van der Waals surface area contributed by atoms with Crippen LogP contribution in [0.15, 0.2) is 61.1 Å². The van der Waals surface area contributed by atoms with Crippen molar-refractivity contribution in [1.29, 1.82) is 0 Å². The van der Waals surface area contributed by atoms with Crippen LogP contribution < -0.4 is 16.0 Å². The van der Waals surface area contributed by atoms with Gasteiger partial charge in [-0.1, -0.05) is 12.1 Å². The second-order valence-corrected chi connectivity index (χ2v) is 9.65. The van der Waals surface area contributed by atoms with E-state index in [-0.39, 0.29) is 24.8 Å². The lowest BCUT2D eigenvalue weighted by Crippen LogP contribution is -2.52. The molecule has 1 atom stereocenters. The number of hydrogen-bond donors (Lipinski definition) is 3. The van der Waals surface area contributed by atoms with Crippen molar-refractivity contribution < 1.29 is 19.2 Å². The predicted molar refractivity (Wildman–Crippen MR) is 135 cm³/mol. The maximum absolute atomic E-state index is 12.9. The van der Waals surface area contributed by atoms with Crippen LogP contribution in [0.1, 0.15) is 48.3 Å². The highest BCUT2D eigenvalue weighted by Gasteiger charge is 2.39. The quantitative estimate of drug-likeness (QED) is 0.463. The lowest BCUT2D eigenvalue weighted by Gasteiger charge is -2.29. The number of hydrogen-bond acceptors (Lipinski definition) is 6. The number of anilines is 1.